The molecule has 1 aromatic rings. The Morgan fingerprint density at radius 1 is 1.25 bits per heavy atom. The smallest absolute Gasteiger partial charge is 0.126 e. The van der Waals surface area contributed by atoms with E-state index in [0.29, 0.717) is 6.04 Å². The lowest BCUT2D eigenvalue weighted by molar-refractivity contribution is 0.502. The lowest BCUT2D eigenvalue weighted by atomic mass is 10.0. The molecule has 1 aliphatic rings. The van der Waals surface area contributed by atoms with Crippen LogP contribution < -0.4 is 11.1 Å². The molecule has 3 nitrogen and oxygen atoms in total. The summed E-state index contributed by atoms with van der Waals surface area (Å²) in [7, 11) is 0. The van der Waals surface area contributed by atoms with Gasteiger partial charge in [0, 0.05) is 6.04 Å². The van der Waals surface area contributed by atoms with Crippen LogP contribution in [-0.2, 0) is 0 Å². The lowest BCUT2D eigenvalue weighted by Gasteiger charge is -2.16. The first-order chi connectivity index (χ1) is 7.74. The number of nitrogens with zero attached hydrogens (tertiary/aromatic N) is 1. The molecular weight excluding hydrogens is 198 g/mol. The van der Waals surface area contributed by atoms with E-state index in [9.17, 15) is 0 Å². The van der Waals surface area contributed by atoms with Crippen LogP contribution in [0.3, 0.4) is 0 Å². The van der Waals surface area contributed by atoms with Crippen molar-refractivity contribution in [1.29, 1.82) is 0 Å². The summed E-state index contributed by atoms with van der Waals surface area (Å²) in [5, 5.41) is 3.50. The molecule has 1 saturated carbocycles. The van der Waals surface area contributed by atoms with E-state index in [4.69, 9.17) is 5.73 Å². The zero-order valence-corrected chi connectivity index (χ0v) is 9.95. The van der Waals surface area contributed by atoms with Crippen molar-refractivity contribution < 1.29 is 0 Å². The number of hydrogen-bond donors (Lipinski definition) is 2. The Morgan fingerprint density at radius 3 is 2.88 bits per heavy atom. The summed E-state index contributed by atoms with van der Waals surface area (Å²) in [5.41, 5.74) is 6.34. The minimum atomic E-state index is 0.584. The SMILES string of the molecule is CC1CCCC(Nc2ccc(N)cn2)CC1. The van der Waals surface area contributed by atoms with Crippen molar-refractivity contribution in [1.82, 2.24) is 4.98 Å². The van der Waals surface area contributed by atoms with E-state index in [-0.39, 0.29) is 0 Å². The zero-order valence-electron chi connectivity index (χ0n) is 9.95. The number of rotatable bonds is 2. The van der Waals surface area contributed by atoms with Gasteiger partial charge >= 0.3 is 0 Å². The Labute approximate surface area is 97.5 Å². The minimum absolute atomic E-state index is 0.584. The molecule has 0 aromatic carbocycles. The molecule has 2 unspecified atom stereocenters. The molecule has 3 N–H and O–H groups in total. The van der Waals surface area contributed by atoms with Gasteiger partial charge in [0.1, 0.15) is 5.82 Å². The highest BCUT2D eigenvalue weighted by Crippen LogP contribution is 2.24. The van der Waals surface area contributed by atoms with Gasteiger partial charge in [-0.3, -0.25) is 0 Å². The maximum absolute atomic E-state index is 5.61. The van der Waals surface area contributed by atoms with Gasteiger partial charge in [0.15, 0.2) is 0 Å². The number of anilines is 2. The highest BCUT2D eigenvalue weighted by Gasteiger charge is 2.15. The first kappa shape index (κ1) is 11.2. The predicted octanol–water partition coefficient (Wildman–Crippen LogP) is 3.04. The molecule has 0 bridgehead atoms. The van der Waals surface area contributed by atoms with E-state index in [1.54, 1.807) is 6.20 Å². The highest BCUT2D eigenvalue weighted by atomic mass is 15.0. The molecule has 0 amide bonds. The molecule has 2 rings (SSSR count). The number of nitrogens with one attached hydrogen (secondary N) is 1. The van der Waals surface area contributed by atoms with Gasteiger partial charge in [0.2, 0.25) is 0 Å². The summed E-state index contributed by atoms with van der Waals surface area (Å²) >= 11 is 0. The first-order valence-corrected chi connectivity index (χ1v) is 6.22. The summed E-state index contributed by atoms with van der Waals surface area (Å²) in [5.74, 6) is 1.83. The normalized spacial score (nSPS) is 26.1. The van der Waals surface area contributed by atoms with E-state index >= 15 is 0 Å². The van der Waals surface area contributed by atoms with Crippen molar-refractivity contribution in [3.8, 4) is 0 Å². The van der Waals surface area contributed by atoms with Gasteiger partial charge in [-0.25, -0.2) is 4.98 Å². The van der Waals surface area contributed by atoms with Crippen molar-refractivity contribution in [3.05, 3.63) is 18.3 Å². The van der Waals surface area contributed by atoms with E-state index in [2.05, 4.69) is 17.2 Å². The van der Waals surface area contributed by atoms with Gasteiger partial charge in [0.05, 0.1) is 11.9 Å². The minimum Gasteiger partial charge on any atom is -0.397 e. The maximum atomic E-state index is 5.61. The van der Waals surface area contributed by atoms with E-state index in [1.165, 1.54) is 32.1 Å². The molecule has 1 heterocycles. The second kappa shape index (κ2) is 5.19. The third-order valence-corrected chi connectivity index (χ3v) is 3.40. The quantitative estimate of drug-likeness (QED) is 0.752. The summed E-state index contributed by atoms with van der Waals surface area (Å²) < 4.78 is 0. The first-order valence-electron chi connectivity index (χ1n) is 6.22. The summed E-state index contributed by atoms with van der Waals surface area (Å²) in [6.45, 7) is 2.35. The van der Waals surface area contributed by atoms with Gasteiger partial charge in [-0.15, -0.1) is 0 Å². The fourth-order valence-electron chi connectivity index (χ4n) is 2.33. The van der Waals surface area contributed by atoms with Crippen molar-refractivity contribution in [2.75, 3.05) is 11.1 Å². The molecule has 1 aromatic heterocycles. The average Bonchev–Trinajstić information content (AvgIpc) is 2.47. The van der Waals surface area contributed by atoms with Gasteiger partial charge < -0.3 is 11.1 Å². The van der Waals surface area contributed by atoms with Crippen LogP contribution in [-0.4, -0.2) is 11.0 Å². The summed E-state index contributed by atoms with van der Waals surface area (Å²) in [6, 6.07) is 4.44. The third kappa shape index (κ3) is 3.12. The van der Waals surface area contributed by atoms with Crippen LogP contribution in [0, 0.1) is 5.92 Å². The van der Waals surface area contributed by atoms with Crippen LogP contribution in [0.5, 0.6) is 0 Å². The van der Waals surface area contributed by atoms with Crippen LogP contribution in [0.1, 0.15) is 39.0 Å². The lowest BCUT2D eigenvalue weighted by Crippen LogP contribution is -2.19. The number of nitrogens with two attached hydrogens (primary N) is 1. The molecule has 0 saturated heterocycles. The zero-order chi connectivity index (χ0) is 11.4. The number of hydrogen-bond acceptors (Lipinski definition) is 3. The van der Waals surface area contributed by atoms with Crippen molar-refractivity contribution in [2.45, 2.75) is 45.1 Å². The topological polar surface area (TPSA) is 50.9 Å². The molecule has 88 valence electrons. The van der Waals surface area contributed by atoms with Gasteiger partial charge in [-0.05, 0) is 37.3 Å². The Kier molecular flexibility index (Phi) is 3.65. The Morgan fingerprint density at radius 2 is 2.12 bits per heavy atom. The highest BCUT2D eigenvalue weighted by molar-refractivity contribution is 5.44. The van der Waals surface area contributed by atoms with E-state index in [0.717, 1.165) is 17.4 Å². The number of nitrogen functional groups attached to an aromatic ring is 1. The van der Waals surface area contributed by atoms with Crippen molar-refractivity contribution in [2.24, 2.45) is 5.92 Å². The maximum Gasteiger partial charge on any atom is 0.126 e. The molecule has 0 radical (unpaired) electrons. The van der Waals surface area contributed by atoms with Gasteiger partial charge in [0.25, 0.3) is 0 Å². The van der Waals surface area contributed by atoms with Crippen LogP contribution in [0.2, 0.25) is 0 Å². The molecule has 1 aliphatic carbocycles. The van der Waals surface area contributed by atoms with Crippen molar-refractivity contribution >= 4 is 11.5 Å². The van der Waals surface area contributed by atoms with Gasteiger partial charge in [-0.1, -0.05) is 19.8 Å². The molecule has 3 heteroatoms. The second-order valence-electron chi connectivity index (χ2n) is 4.93. The molecule has 0 spiro atoms. The van der Waals surface area contributed by atoms with Crippen LogP contribution in [0.4, 0.5) is 11.5 Å². The average molecular weight is 219 g/mol. The monoisotopic (exact) mass is 219 g/mol. The largest absolute Gasteiger partial charge is 0.397 e. The fourth-order valence-corrected chi connectivity index (χ4v) is 2.33. The summed E-state index contributed by atoms with van der Waals surface area (Å²) in [4.78, 5) is 4.29. The number of aromatic nitrogens is 1. The molecule has 2 atom stereocenters. The standard InChI is InChI=1S/C13H21N3/c1-10-3-2-4-12(7-5-10)16-13-8-6-11(14)9-15-13/h6,8-10,12H,2-5,7,14H2,1H3,(H,15,16). The van der Waals surface area contributed by atoms with Crippen LogP contribution >= 0.6 is 0 Å². The molecule has 16 heavy (non-hydrogen) atoms. The Balaban J connectivity index is 1.91. The summed E-state index contributed by atoms with van der Waals surface area (Å²) in [6.07, 6.45) is 8.25. The molecule has 1 fully saturated rings. The third-order valence-electron chi connectivity index (χ3n) is 3.40. The second-order valence-corrected chi connectivity index (χ2v) is 4.93. The number of pyridine rings is 1. The Bertz CT molecular complexity index is 320. The molecule has 0 aliphatic heterocycles. The van der Waals surface area contributed by atoms with Gasteiger partial charge in [-0.2, -0.15) is 0 Å². The van der Waals surface area contributed by atoms with Crippen molar-refractivity contribution in [3.63, 3.8) is 0 Å². The van der Waals surface area contributed by atoms with E-state index < -0.39 is 0 Å². The Hall–Kier alpha value is -1.25. The van der Waals surface area contributed by atoms with Crippen LogP contribution in [0.15, 0.2) is 18.3 Å². The fraction of sp³-hybridized carbons (Fsp3) is 0.615. The predicted molar refractivity (Wildman–Crippen MR) is 68.3 cm³/mol. The molecular formula is C13H21N3. The van der Waals surface area contributed by atoms with Crippen LogP contribution in [0.25, 0.3) is 0 Å². The van der Waals surface area contributed by atoms with E-state index in [1.807, 2.05) is 12.1 Å².